The molecule has 16 nitrogen and oxygen atoms in total. The van der Waals surface area contributed by atoms with Crippen molar-refractivity contribution in [1.29, 1.82) is 0 Å². The molecule has 2 aromatic rings. The second kappa shape index (κ2) is 10.3. The maximum atomic E-state index is 8.59. The monoisotopic (exact) mass is 380 g/mol. The van der Waals surface area contributed by atoms with Gasteiger partial charge < -0.3 is 33.9 Å². The summed E-state index contributed by atoms with van der Waals surface area (Å²) in [5.74, 6) is 1.35. The second-order valence-electron chi connectivity index (χ2n) is 2.70. The number of nitrogens with zero attached hydrogens (tertiary/aromatic N) is 2. The molecule has 2 heterocycles. The van der Waals surface area contributed by atoms with E-state index in [9.17, 15) is 0 Å². The molecular formula is C4H16N10O6Se. The number of aromatic nitrogens is 6. The first-order valence-corrected chi connectivity index (χ1v) is 7.01. The van der Waals surface area contributed by atoms with E-state index in [1.54, 1.807) is 0 Å². The Bertz CT molecular complexity index is 513. The Hall–Kier alpha value is -2.56. The van der Waals surface area contributed by atoms with E-state index in [1.807, 2.05) is 0 Å². The summed E-state index contributed by atoms with van der Waals surface area (Å²) in [5.41, 5.74) is 20.5. The van der Waals surface area contributed by atoms with Crippen LogP contribution >= 0.6 is 0 Å². The van der Waals surface area contributed by atoms with Gasteiger partial charge in [-0.3, -0.25) is 0 Å². The Morgan fingerprint density at radius 1 is 0.857 bits per heavy atom. The molecule has 0 aromatic carbocycles. The van der Waals surface area contributed by atoms with Gasteiger partial charge in [0.25, 0.3) is 0 Å². The van der Waals surface area contributed by atoms with Crippen LogP contribution in [0.3, 0.4) is 0 Å². The number of hydrogen-bond donors (Lipinski definition) is 6. The van der Waals surface area contributed by atoms with Crippen molar-refractivity contribution in [1.82, 2.24) is 20.4 Å². The summed E-state index contributed by atoms with van der Waals surface area (Å²) in [5, 5.41) is 11.8. The molecule has 2 rings (SSSR count). The fraction of sp³-hybridized carbons (Fsp3) is 0. The topological polar surface area (TPSA) is 333 Å². The average Bonchev–Trinajstić information content (AvgIpc) is 2.74. The van der Waals surface area contributed by atoms with Crippen molar-refractivity contribution in [3.63, 3.8) is 0 Å². The van der Waals surface area contributed by atoms with Gasteiger partial charge in [0.1, 0.15) is 0 Å². The van der Waals surface area contributed by atoms with Crippen molar-refractivity contribution in [2.24, 2.45) is 0 Å². The standard InChI is InChI=1S/2C2H5N5.H2O4Se.2H2O/c2*3-1-5-2(4)7-6-1;1-5(2,3)4;;/h2*(H5,3,4,5,6,7);(H2,1,2,3,4);2*1H2. The van der Waals surface area contributed by atoms with E-state index in [0.717, 1.165) is 0 Å². The van der Waals surface area contributed by atoms with Crippen LogP contribution in [0.5, 0.6) is 0 Å². The van der Waals surface area contributed by atoms with Crippen LogP contribution in [0, 0.1) is 0 Å². The minimum atomic E-state index is -5.75. The Morgan fingerprint density at radius 3 is 1.14 bits per heavy atom. The van der Waals surface area contributed by atoms with Gasteiger partial charge in [-0.2, -0.15) is 10.2 Å². The van der Waals surface area contributed by atoms with Gasteiger partial charge in [-0.15, -0.1) is 0 Å². The van der Waals surface area contributed by atoms with E-state index in [2.05, 4.69) is 30.4 Å². The SMILES string of the molecule is Nc1n[nH]c(N)[nH+]1.Nc1n[nH]c(N)[nH+]1.O.O.O=[Se](=O)([O-])[O-]. The molecule has 0 bridgehead atoms. The number of rotatable bonds is 0. The zero-order valence-corrected chi connectivity index (χ0v) is 12.0. The molecule has 0 aliphatic heterocycles. The summed E-state index contributed by atoms with van der Waals surface area (Å²) in [7, 11) is 0. The number of anilines is 4. The van der Waals surface area contributed by atoms with Crippen LogP contribution in [0.2, 0.25) is 0 Å². The number of hydrogen-bond acceptors (Lipinski definition) is 10. The third-order valence-electron chi connectivity index (χ3n) is 1.12. The fourth-order valence-electron chi connectivity index (χ4n) is 0.629. The Balaban J connectivity index is -0.000000225. The number of nitrogen functional groups attached to an aromatic ring is 4. The predicted molar refractivity (Wildman–Crippen MR) is 62.3 cm³/mol. The summed E-state index contributed by atoms with van der Waals surface area (Å²) < 4.78 is 34.4. The molecule has 0 saturated heterocycles. The number of H-pyrrole nitrogens is 4. The molecule has 0 fully saturated rings. The van der Waals surface area contributed by atoms with Gasteiger partial charge in [-0.25, -0.2) is 9.97 Å². The first-order valence-electron chi connectivity index (χ1n) is 4.22. The molecule has 0 saturated carbocycles. The van der Waals surface area contributed by atoms with Crippen molar-refractivity contribution >= 4 is 37.2 Å². The summed E-state index contributed by atoms with van der Waals surface area (Å²) in [4.78, 5) is 5.06. The molecule has 0 aliphatic rings. The molecule has 0 amide bonds. The van der Waals surface area contributed by atoms with Crippen LogP contribution in [0.4, 0.5) is 23.8 Å². The zero-order valence-electron chi connectivity index (χ0n) is 10.2. The van der Waals surface area contributed by atoms with Crippen LogP contribution in [-0.4, -0.2) is 44.7 Å². The molecule has 0 atom stereocenters. The van der Waals surface area contributed by atoms with Gasteiger partial charge in [0, 0.05) is 0 Å². The first-order chi connectivity index (χ1) is 8.58. The molecule has 0 aliphatic carbocycles. The first kappa shape index (κ1) is 23.5. The summed E-state index contributed by atoms with van der Waals surface area (Å²) in [6, 6.07) is 0. The molecule has 0 spiro atoms. The molecule has 2 aromatic heterocycles. The Labute approximate surface area is 118 Å². The quantitative estimate of drug-likeness (QED) is 0.234. The Morgan fingerprint density at radius 2 is 1.10 bits per heavy atom. The van der Waals surface area contributed by atoms with Crippen LogP contribution in [-0.2, 0) is 7.67 Å². The van der Waals surface area contributed by atoms with Crippen LogP contribution in [0.25, 0.3) is 0 Å². The van der Waals surface area contributed by atoms with E-state index in [4.69, 9.17) is 39.0 Å². The summed E-state index contributed by atoms with van der Waals surface area (Å²) in [6.07, 6.45) is 0. The van der Waals surface area contributed by atoms with Crippen molar-refractivity contribution in [2.45, 2.75) is 0 Å². The number of aromatic amines is 4. The molecule has 0 radical (unpaired) electrons. The van der Waals surface area contributed by atoms with Gasteiger partial charge in [0.2, 0.25) is 0 Å². The van der Waals surface area contributed by atoms with E-state index < -0.39 is 13.4 Å². The second-order valence-corrected chi connectivity index (χ2v) is 4.42. The average molecular weight is 379 g/mol. The van der Waals surface area contributed by atoms with E-state index in [0.29, 0.717) is 23.8 Å². The van der Waals surface area contributed by atoms with Crippen molar-refractivity contribution in [3.8, 4) is 0 Å². The van der Waals surface area contributed by atoms with Crippen molar-refractivity contribution < 1.29 is 37.0 Å². The molecule has 0 unspecified atom stereocenters. The predicted octanol–water partition coefficient (Wildman–Crippen LogP) is -7.87. The normalized spacial score (nSPS) is 8.86. The summed E-state index contributed by atoms with van der Waals surface area (Å²) in [6.45, 7) is 0. The number of nitrogens with two attached hydrogens (primary N) is 4. The number of nitrogens with one attached hydrogen (secondary N) is 4. The molecule has 124 valence electrons. The van der Waals surface area contributed by atoms with E-state index in [1.165, 1.54) is 0 Å². The van der Waals surface area contributed by atoms with Crippen molar-refractivity contribution in [3.05, 3.63) is 0 Å². The van der Waals surface area contributed by atoms with Gasteiger partial charge >= 0.3 is 53.2 Å². The Kier molecular flexibility index (Phi) is 11.5. The molecule has 16 N–H and O–H groups in total. The van der Waals surface area contributed by atoms with Gasteiger partial charge in [0.05, 0.1) is 0 Å². The molecular weight excluding hydrogens is 363 g/mol. The van der Waals surface area contributed by atoms with Gasteiger partial charge in [-0.1, -0.05) is 0 Å². The minimum absolute atomic E-state index is 0. The van der Waals surface area contributed by atoms with Crippen LogP contribution in [0.15, 0.2) is 0 Å². The molecule has 17 heteroatoms. The fourth-order valence-corrected chi connectivity index (χ4v) is 0.629. The third kappa shape index (κ3) is 17.4. The van der Waals surface area contributed by atoms with Gasteiger partial charge in [0.15, 0.2) is 0 Å². The van der Waals surface area contributed by atoms with Crippen LogP contribution in [0.1, 0.15) is 0 Å². The van der Waals surface area contributed by atoms with E-state index in [-0.39, 0.29) is 11.0 Å². The maximum absolute atomic E-state index is 8.59. The van der Waals surface area contributed by atoms with E-state index >= 15 is 0 Å². The van der Waals surface area contributed by atoms with Crippen LogP contribution < -0.4 is 41.3 Å². The molecule has 21 heavy (non-hydrogen) atoms. The summed E-state index contributed by atoms with van der Waals surface area (Å²) >= 11 is -5.75. The third-order valence-corrected chi connectivity index (χ3v) is 1.12. The zero-order chi connectivity index (χ0) is 15.1. The van der Waals surface area contributed by atoms with Gasteiger partial charge in [-0.05, 0) is 10.2 Å². The van der Waals surface area contributed by atoms with Crippen molar-refractivity contribution in [2.75, 3.05) is 22.9 Å².